The molecule has 0 saturated carbocycles. The number of methoxy groups -OCH3 is 1. The van der Waals surface area contributed by atoms with Crippen molar-refractivity contribution in [3.05, 3.63) is 22.7 Å². The second-order valence-corrected chi connectivity index (χ2v) is 7.40. The van der Waals surface area contributed by atoms with E-state index in [4.69, 9.17) is 4.74 Å². The number of hydrogen-bond acceptors (Lipinski definition) is 4. The lowest BCUT2D eigenvalue weighted by atomic mass is 10.2. The van der Waals surface area contributed by atoms with E-state index in [1.165, 1.54) is 6.42 Å². The summed E-state index contributed by atoms with van der Waals surface area (Å²) < 4.78 is 32.7. The molecular weight excluding hydrogens is 380 g/mol. The molecule has 2 N–H and O–H groups in total. The normalized spacial score (nSPS) is 18.3. The predicted molar refractivity (Wildman–Crippen MR) is 88.8 cm³/mol. The zero-order chi connectivity index (χ0) is 14.6. The molecule has 0 amide bonds. The maximum Gasteiger partial charge on any atom is 0.240 e. The highest BCUT2D eigenvalue weighted by atomic mass is 79.9. The van der Waals surface area contributed by atoms with Crippen molar-refractivity contribution in [3.63, 3.8) is 0 Å². The molecule has 1 fully saturated rings. The maximum absolute atomic E-state index is 12.2. The molecule has 1 saturated heterocycles. The van der Waals surface area contributed by atoms with Gasteiger partial charge in [0.15, 0.2) is 0 Å². The van der Waals surface area contributed by atoms with Gasteiger partial charge in [-0.05, 0) is 59.9 Å². The lowest BCUT2D eigenvalue weighted by molar-refractivity contribution is 0.411. The van der Waals surface area contributed by atoms with Crippen molar-refractivity contribution in [2.24, 2.45) is 0 Å². The van der Waals surface area contributed by atoms with Gasteiger partial charge in [-0.25, -0.2) is 13.1 Å². The smallest absolute Gasteiger partial charge is 0.240 e. The first-order valence-corrected chi connectivity index (χ1v) is 8.87. The molecule has 0 bridgehead atoms. The Morgan fingerprint density at radius 3 is 2.81 bits per heavy atom. The van der Waals surface area contributed by atoms with E-state index >= 15 is 0 Å². The third kappa shape index (κ3) is 5.10. The first-order chi connectivity index (χ1) is 9.53. The van der Waals surface area contributed by atoms with Crippen LogP contribution in [-0.2, 0) is 10.0 Å². The van der Waals surface area contributed by atoms with E-state index in [0.717, 1.165) is 19.4 Å². The summed E-state index contributed by atoms with van der Waals surface area (Å²) >= 11 is 3.29. The average molecular weight is 400 g/mol. The van der Waals surface area contributed by atoms with Crippen molar-refractivity contribution in [1.82, 2.24) is 10.0 Å². The molecule has 0 radical (unpaired) electrons. The molecule has 2 rings (SSSR count). The van der Waals surface area contributed by atoms with Gasteiger partial charge in [-0.2, -0.15) is 0 Å². The van der Waals surface area contributed by atoms with E-state index in [-0.39, 0.29) is 17.3 Å². The molecule has 21 heavy (non-hydrogen) atoms. The van der Waals surface area contributed by atoms with E-state index < -0.39 is 10.0 Å². The van der Waals surface area contributed by atoms with Gasteiger partial charge in [-0.3, -0.25) is 0 Å². The van der Waals surface area contributed by atoms with Crippen LogP contribution in [0.2, 0.25) is 0 Å². The van der Waals surface area contributed by atoms with Crippen LogP contribution >= 0.6 is 28.3 Å². The van der Waals surface area contributed by atoms with Crippen LogP contribution in [0.4, 0.5) is 0 Å². The van der Waals surface area contributed by atoms with Crippen LogP contribution in [0.5, 0.6) is 5.75 Å². The first kappa shape index (κ1) is 18.7. The second kappa shape index (κ2) is 8.33. The molecule has 1 aromatic rings. The second-order valence-electron chi connectivity index (χ2n) is 4.78. The van der Waals surface area contributed by atoms with E-state index in [9.17, 15) is 8.42 Å². The summed E-state index contributed by atoms with van der Waals surface area (Å²) in [5, 5.41) is 3.35. The Kier molecular flexibility index (Phi) is 7.42. The van der Waals surface area contributed by atoms with Gasteiger partial charge in [0.25, 0.3) is 0 Å². The van der Waals surface area contributed by atoms with Crippen LogP contribution in [0.15, 0.2) is 27.6 Å². The molecule has 5 nitrogen and oxygen atoms in total. The number of ether oxygens (including phenoxy) is 1. The van der Waals surface area contributed by atoms with Crippen LogP contribution in [0, 0.1) is 0 Å². The highest BCUT2D eigenvalue weighted by molar-refractivity contribution is 9.10. The highest BCUT2D eigenvalue weighted by Crippen LogP contribution is 2.27. The number of benzene rings is 1. The first-order valence-electron chi connectivity index (χ1n) is 6.59. The number of nitrogens with one attached hydrogen (secondary N) is 2. The van der Waals surface area contributed by atoms with Crippen molar-refractivity contribution < 1.29 is 13.2 Å². The van der Waals surface area contributed by atoms with Crippen molar-refractivity contribution in [2.75, 3.05) is 20.2 Å². The maximum atomic E-state index is 12.2. The standard InChI is InChI=1S/C13H19BrN2O3S.ClH/c1-19-13-5-4-11(9-12(13)14)20(17,18)16-8-6-10-3-2-7-15-10;/h4-5,9-10,15-16H,2-3,6-8H2,1H3;1H/t10-;/m1./s1. The fourth-order valence-electron chi connectivity index (χ4n) is 2.27. The summed E-state index contributed by atoms with van der Waals surface area (Å²) in [6.07, 6.45) is 3.11. The third-order valence-electron chi connectivity index (χ3n) is 3.38. The van der Waals surface area contributed by atoms with Gasteiger partial charge in [0, 0.05) is 12.6 Å². The monoisotopic (exact) mass is 398 g/mol. The molecule has 120 valence electrons. The topological polar surface area (TPSA) is 67.4 Å². The molecule has 0 aliphatic carbocycles. The summed E-state index contributed by atoms with van der Waals surface area (Å²) in [7, 11) is -1.92. The van der Waals surface area contributed by atoms with Crippen LogP contribution in [-0.4, -0.2) is 34.7 Å². The molecule has 8 heteroatoms. The van der Waals surface area contributed by atoms with E-state index in [0.29, 0.717) is 22.8 Å². The third-order valence-corrected chi connectivity index (χ3v) is 5.46. The zero-order valence-corrected chi connectivity index (χ0v) is 15.0. The fraction of sp³-hybridized carbons (Fsp3) is 0.538. The van der Waals surface area contributed by atoms with Crippen LogP contribution in [0.25, 0.3) is 0 Å². The molecule has 0 aromatic heterocycles. The molecule has 1 aromatic carbocycles. The van der Waals surface area contributed by atoms with Crippen LogP contribution in [0.3, 0.4) is 0 Å². The largest absolute Gasteiger partial charge is 0.496 e. The minimum absolute atomic E-state index is 0. The van der Waals surface area contributed by atoms with Gasteiger partial charge in [-0.1, -0.05) is 0 Å². The predicted octanol–water partition coefficient (Wildman–Crippen LogP) is 2.30. The van der Waals surface area contributed by atoms with E-state index in [1.807, 2.05) is 0 Å². The van der Waals surface area contributed by atoms with Gasteiger partial charge < -0.3 is 10.1 Å². The Hall–Kier alpha value is -0.340. The van der Waals surface area contributed by atoms with Gasteiger partial charge >= 0.3 is 0 Å². The number of hydrogen-bond donors (Lipinski definition) is 2. The van der Waals surface area contributed by atoms with Crippen LogP contribution in [0.1, 0.15) is 19.3 Å². The summed E-state index contributed by atoms with van der Waals surface area (Å²) in [5.41, 5.74) is 0. The molecule has 1 aliphatic rings. The SMILES string of the molecule is COc1ccc(S(=O)(=O)NCC[C@H]2CCCN2)cc1Br.Cl. The highest BCUT2D eigenvalue weighted by Gasteiger charge is 2.18. The Morgan fingerprint density at radius 1 is 1.48 bits per heavy atom. The Labute approximate surface area is 140 Å². The van der Waals surface area contributed by atoms with Crippen molar-refractivity contribution >= 4 is 38.4 Å². The lowest BCUT2D eigenvalue weighted by Crippen LogP contribution is -2.30. The lowest BCUT2D eigenvalue weighted by Gasteiger charge is -2.12. The van der Waals surface area contributed by atoms with Gasteiger partial charge in [0.1, 0.15) is 5.75 Å². The van der Waals surface area contributed by atoms with Crippen molar-refractivity contribution in [2.45, 2.75) is 30.2 Å². The summed E-state index contributed by atoms with van der Waals surface area (Å²) in [4.78, 5) is 0.240. The Morgan fingerprint density at radius 2 is 2.24 bits per heavy atom. The number of rotatable bonds is 6. The van der Waals surface area contributed by atoms with E-state index in [1.54, 1.807) is 25.3 Å². The Balaban J connectivity index is 0.00000220. The minimum Gasteiger partial charge on any atom is -0.496 e. The van der Waals surface area contributed by atoms with Gasteiger partial charge in [0.2, 0.25) is 10.0 Å². The number of sulfonamides is 1. The van der Waals surface area contributed by atoms with Gasteiger partial charge in [0.05, 0.1) is 16.5 Å². The number of halogens is 2. The van der Waals surface area contributed by atoms with Crippen molar-refractivity contribution in [1.29, 1.82) is 0 Å². The molecular formula is C13H20BrClN2O3S. The minimum atomic E-state index is -3.46. The van der Waals surface area contributed by atoms with Crippen LogP contribution < -0.4 is 14.8 Å². The molecule has 1 aliphatic heterocycles. The Bertz CT molecular complexity index is 563. The quantitative estimate of drug-likeness (QED) is 0.770. The van der Waals surface area contributed by atoms with Crippen molar-refractivity contribution in [3.8, 4) is 5.75 Å². The molecule has 1 atom stereocenters. The fourth-order valence-corrected chi connectivity index (χ4v) is 4.03. The zero-order valence-electron chi connectivity index (χ0n) is 11.8. The molecule has 0 unspecified atom stereocenters. The summed E-state index contributed by atoms with van der Waals surface area (Å²) in [5.74, 6) is 0.610. The summed E-state index contributed by atoms with van der Waals surface area (Å²) in [6, 6.07) is 5.16. The molecule has 1 heterocycles. The average Bonchev–Trinajstić information content (AvgIpc) is 2.91. The molecule has 0 spiro atoms. The van der Waals surface area contributed by atoms with Gasteiger partial charge in [-0.15, -0.1) is 12.4 Å². The summed E-state index contributed by atoms with van der Waals surface area (Å²) in [6.45, 7) is 1.48. The van der Waals surface area contributed by atoms with E-state index in [2.05, 4.69) is 26.0 Å².